The van der Waals surface area contributed by atoms with Crippen molar-refractivity contribution in [3.63, 3.8) is 0 Å². The number of alkyl halides is 2. The van der Waals surface area contributed by atoms with Gasteiger partial charge in [0.05, 0.1) is 13.1 Å². The molecule has 12 heavy (non-hydrogen) atoms. The molecule has 0 spiro atoms. The van der Waals surface area contributed by atoms with Crippen molar-refractivity contribution in [1.29, 1.82) is 0 Å². The molecular formula is C8H16F2N2. The quantitative estimate of drug-likeness (QED) is 0.689. The lowest BCUT2D eigenvalue weighted by Crippen LogP contribution is -2.52. The lowest BCUT2D eigenvalue weighted by atomic mass is 10.0. The monoisotopic (exact) mass is 178 g/mol. The van der Waals surface area contributed by atoms with Crippen LogP contribution in [0.1, 0.15) is 13.3 Å². The Morgan fingerprint density at radius 1 is 1.58 bits per heavy atom. The van der Waals surface area contributed by atoms with E-state index in [0.29, 0.717) is 6.04 Å². The highest BCUT2D eigenvalue weighted by atomic mass is 19.3. The summed E-state index contributed by atoms with van der Waals surface area (Å²) in [6.07, 6.45) is 1.05. The van der Waals surface area contributed by atoms with Gasteiger partial charge in [-0.1, -0.05) is 0 Å². The van der Waals surface area contributed by atoms with E-state index in [2.05, 4.69) is 5.32 Å². The number of hydrogen-bond donors (Lipinski definition) is 1. The predicted octanol–water partition coefficient (Wildman–Crippen LogP) is 0.935. The van der Waals surface area contributed by atoms with E-state index in [1.54, 1.807) is 7.05 Å². The molecule has 1 N–H and O–H groups in total. The standard InChI is InChI=1S/C8H16F2N2/c1-7-3-4-12(7)6-8(9,10)5-11-2/h7,11H,3-6H2,1-2H3. The second-order valence-corrected chi connectivity index (χ2v) is 3.49. The van der Waals surface area contributed by atoms with Crippen LogP contribution < -0.4 is 5.32 Å². The molecule has 0 aromatic heterocycles. The van der Waals surface area contributed by atoms with Crippen molar-refractivity contribution in [2.45, 2.75) is 25.3 Å². The van der Waals surface area contributed by atoms with Gasteiger partial charge in [-0.3, -0.25) is 4.90 Å². The molecule has 2 nitrogen and oxygen atoms in total. The third-order valence-corrected chi connectivity index (χ3v) is 2.33. The largest absolute Gasteiger partial charge is 0.314 e. The summed E-state index contributed by atoms with van der Waals surface area (Å²) in [4.78, 5) is 1.82. The summed E-state index contributed by atoms with van der Waals surface area (Å²) in [5, 5.41) is 2.50. The molecule has 0 saturated carbocycles. The van der Waals surface area contributed by atoms with E-state index < -0.39 is 5.92 Å². The van der Waals surface area contributed by atoms with Crippen LogP contribution in [0.15, 0.2) is 0 Å². The zero-order valence-corrected chi connectivity index (χ0v) is 7.61. The first-order valence-electron chi connectivity index (χ1n) is 4.31. The van der Waals surface area contributed by atoms with Gasteiger partial charge in [0.1, 0.15) is 0 Å². The number of hydrogen-bond acceptors (Lipinski definition) is 2. The number of nitrogens with zero attached hydrogens (tertiary/aromatic N) is 1. The van der Waals surface area contributed by atoms with E-state index in [1.165, 1.54) is 0 Å². The minimum absolute atomic E-state index is 0.102. The molecule has 0 amide bonds. The molecule has 1 aliphatic heterocycles. The zero-order chi connectivity index (χ0) is 9.19. The van der Waals surface area contributed by atoms with Gasteiger partial charge in [-0.25, -0.2) is 8.78 Å². The number of halogens is 2. The average Bonchev–Trinajstić information content (AvgIpc) is 1.98. The lowest BCUT2D eigenvalue weighted by molar-refractivity contribution is -0.0594. The number of rotatable bonds is 4. The normalized spacial score (nSPS) is 25.5. The molecule has 1 fully saturated rings. The van der Waals surface area contributed by atoms with E-state index in [1.807, 2.05) is 11.8 Å². The zero-order valence-electron chi connectivity index (χ0n) is 7.61. The summed E-state index contributed by atoms with van der Waals surface area (Å²) < 4.78 is 25.9. The summed E-state index contributed by atoms with van der Waals surface area (Å²) in [5.74, 6) is -2.58. The van der Waals surface area contributed by atoms with Gasteiger partial charge in [0.2, 0.25) is 0 Å². The molecule has 0 aromatic rings. The number of likely N-dealkylation sites (tertiary alicyclic amines) is 1. The Bertz CT molecular complexity index is 150. The van der Waals surface area contributed by atoms with Crippen molar-refractivity contribution in [3.8, 4) is 0 Å². The number of nitrogens with one attached hydrogen (secondary N) is 1. The molecule has 1 rings (SSSR count). The summed E-state index contributed by atoms with van der Waals surface area (Å²) in [7, 11) is 1.55. The maximum absolute atomic E-state index is 13.0. The van der Waals surface area contributed by atoms with E-state index in [9.17, 15) is 8.78 Å². The molecule has 1 aliphatic rings. The van der Waals surface area contributed by atoms with Crippen LogP contribution in [0, 0.1) is 0 Å². The first kappa shape index (κ1) is 9.86. The van der Waals surface area contributed by atoms with Crippen molar-refractivity contribution in [3.05, 3.63) is 0 Å². The molecule has 4 heteroatoms. The topological polar surface area (TPSA) is 15.3 Å². The fourth-order valence-electron chi connectivity index (χ4n) is 1.42. The summed E-state index contributed by atoms with van der Waals surface area (Å²) >= 11 is 0. The molecule has 0 aliphatic carbocycles. The Balaban J connectivity index is 2.28. The van der Waals surface area contributed by atoms with Gasteiger partial charge in [0.15, 0.2) is 0 Å². The summed E-state index contributed by atoms with van der Waals surface area (Å²) in [5.41, 5.74) is 0. The second kappa shape index (κ2) is 3.66. The highest BCUT2D eigenvalue weighted by Gasteiger charge is 2.35. The van der Waals surface area contributed by atoms with E-state index in [-0.39, 0.29) is 13.1 Å². The van der Waals surface area contributed by atoms with Crippen LogP contribution in [0.25, 0.3) is 0 Å². The van der Waals surface area contributed by atoms with Crippen molar-refractivity contribution in [2.24, 2.45) is 0 Å². The molecule has 0 aromatic carbocycles. The highest BCUT2D eigenvalue weighted by Crippen LogP contribution is 2.22. The van der Waals surface area contributed by atoms with Crippen LogP contribution in [-0.2, 0) is 0 Å². The van der Waals surface area contributed by atoms with E-state index >= 15 is 0 Å². The minimum atomic E-state index is -2.58. The SMILES string of the molecule is CNCC(F)(F)CN1CCC1C. The van der Waals surface area contributed by atoms with Gasteiger partial charge >= 0.3 is 0 Å². The second-order valence-electron chi connectivity index (χ2n) is 3.49. The third kappa shape index (κ3) is 2.38. The van der Waals surface area contributed by atoms with Gasteiger partial charge in [0, 0.05) is 12.6 Å². The van der Waals surface area contributed by atoms with Gasteiger partial charge in [-0.15, -0.1) is 0 Å². The van der Waals surface area contributed by atoms with Crippen molar-refractivity contribution >= 4 is 0 Å². The highest BCUT2D eigenvalue weighted by molar-refractivity contribution is 4.84. The fraction of sp³-hybridized carbons (Fsp3) is 1.00. The maximum Gasteiger partial charge on any atom is 0.272 e. The first-order valence-corrected chi connectivity index (χ1v) is 4.31. The predicted molar refractivity (Wildman–Crippen MR) is 44.5 cm³/mol. The van der Waals surface area contributed by atoms with Crippen molar-refractivity contribution < 1.29 is 8.78 Å². The smallest absolute Gasteiger partial charge is 0.272 e. The van der Waals surface area contributed by atoms with Crippen LogP contribution >= 0.6 is 0 Å². The van der Waals surface area contributed by atoms with Gasteiger partial charge in [-0.05, 0) is 20.4 Å². The van der Waals surface area contributed by atoms with Crippen molar-refractivity contribution in [1.82, 2.24) is 10.2 Å². The van der Waals surface area contributed by atoms with E-state index in [0.717, 1.165) is 13.0 Å². The van der Waals surface area contributed by atoms with Gasteiger partial charge in [0.25, 0.3) is 5.92 Å². The Morgan fingerprint density at radius 3 is 2.58 bits per heavy atom. The maximum atomic E-state index is 13.0. The minimum Gasteiger partial charge on any atom is -0.314 e. The molecule has 1 atom stereocenters. The molecule has 0 bridgehead atoms. The average molecular weight is 178 g/mol. The molecule has 72 valence electrons. The van der Waals surface area contributed by atoms with Crippen LogP contribution in [0.3, 0.4) is 0 Å². The van der Waals surface area contributed by atoms with Crippen molar-refractivity contribution in [2.75, 3.05) is 26.7 Å². The Morgan fingerprint density at radius 2 is 2.25 bits per heavy atom. The Hall–Kier alpha value is -0.220. The molecule has 1 saturated heterocycles. The Kier molecular flexibility index (Phi) is 3.01. The van der Waals surface area contributed by atoms with Crippen LogP contribution in [-0.4, -0.2) is 43.5 Å². The summed E-state index contributed by atoms with van der Waals surface area (Å²) in [6.45, 7) is 2.48. The van der Waals surface area contributed by atoms with Crippen LogP contribution in [0.4, 0.5) is 8.78 Å². The molecule has 1 unspecified atom stereocenters. The fourth-order valence-corrected chi connectivity index (χ4v) is 1.42. The van der Waals surface area contributed by atoms with Crippen LogP contribution in [0.2, 0.25) is 0 Å². The van der Waals surface area contributed by atoms with E-state index in [4.69, 9.17) is 0 Å². The van der Waals surface area contributed by atoms with Crippen LogP contribution in [0.5, 0.6) is 0 Å². The first-order chi connectivity index (χ1) is 5.55. The van der Waals surface area contributed by atoms with Gasteiger partial charge < -0.3 is 5.32 Å². The van der Waals surface area contributed by atoms with Gasteiger partial charge in [-0.2, -0.15) is 0 Å². The lowest BCUT2D eigenvalue weighted by Gasteiger charge is -2.40. The molecule has 0 radical (unpaired) electrons. The Labute approximate surface area is 71.9 Å². The summed E-state index contributed by atoms with van der Waals surface area (Å²) in [6, 6.07) is 0.340. The molecule has 1 heterocycles. The third-order valence-electron chi connectivity index (χ3n) is 2.33. The molecular weight excluding hydrogens is 162 g/mol.